The minimum atomic E-state index is -0.108. The molecule has 2 amide bonds. The molecule has 1 N–H and O–H groups in total. The van der Waals surface area contributed by atoms with Gasteiger partial charge in [0.15, 0.2) is 0 Å². The maximum absolute atomic E-state index is 12.3. The molecule has 4 nitrogen and oxygen atoms in total. The number of halogens is 1. The summed E-state index contributed by atoms with van der Waals surface area (Å²) in [5.74, 6) is -0.198. The first kappa shape index (κ1) is 12.4. The predicted molar refractivity (Wildman–Crippen MR) is 75.7 cm³/mol. The van der Waals surface area contributed by atoms with Gasteiger partial charge in [-0.25, -0.2) is 0 Å². The quantitative estimate of drug-likeness (QED) is 0.876. The fourth-order valence-corrected chi connectivity index (χ4v) is 3.38. The molecule has 0 spiro atoms. The number of benzene rings is 1. The Morgan fingerprint density at radius 2 is 2.21 bits per heavy atom. The summed E-state index contributed by atoms with van der Waals surface area (Å²) in [5, 5.41) is 4.36. The van der Waals surface area contributed by atoms with E-state index in [2.05, 4.69) is 5.32 Å². The van der Waals surface area contributed by atoms with Gasteiger partial charge in [0.1, 0.15) is 0 Å². The molecule has 19 heavy (non-hydrogen) atoms. The Labute approximate surface area is 119 Å². The molecule has 0 bridgehead atoms. The normalized spacial score (nSPS) is 15.6. The molecular formula is C13H11ClN2O2S. The van der Waals surface area contributed by atoms with Crippen molar-refractivity contribution in [3.63, 3.8) is 0 Å². The molecule has 0 aliphatic carbocycles. The van der Waals surface area contributed by atoms with E-state index in [9.17, 15) is 9.59 Å². The maximum atomic E-state index is 12.3. The van der Waals surface area contributed by atoms with E-state index in [0.717, 1.165) is 10.1 Å². The van der Waals surface area contributed by atoms with E-state index >= 15 is 0 Å². The van der Waals surface area contributed by atoms with E-state index in [4.69, 9.17) is 11.6 Å². The molecule has 0 saturated carbocycles. The van der Waals surface area contributed by atoms with Crippen LogP contribution in [0, 0.1) is 0 Å². The fraction of sp³-hybridized carbons (Fsp3) is 0.231. The predicted octanol–water partition coefficient (Wildman–Crippen LogP) is 2.13. The first-order valence-corrected chi connectivity index (χ1v) is 7.08. The monoisotopic (exact) mass is 294 g/mol. The summed E-state index contributed by atoms with van der Waals surface area (Å²) in [5.41, 5.74) is 0. The minimum Gasteiger partial charge on any atom is -0.353 e. The molecule has 2 heterocycles. The van der Waals surface area contributed by atoms with Crippen molar-refractivity contribution < 1.29 is 9.59 Å². The number of amides is 2. The highest BCUT2D eigenvalue weighted by molar-refractivity contribution is 7.20. The van der Waals surface area contributed by atoms with E-state index in [1.165, 1.54) is 11.3 Å². The lowest BCUT2D eigenvalue weighted by Crippen LogP contribution is -2.49. The van der Waals surface area contributed by atoms with Crippen LogP contribution in [0.4, 0.5) is 0 Å². The summed E-state index contributed by atoms with van der Waals surface area (Å²) in [6, 6.07) is 7.40. The molecule has 98 valence electrons. The first-order chi connectivity index (χ1) is 9.13. The van der Waals surface area contributed by atoms with E-state index < -0.39 is 0 Å². The Balaban J connectivity index is 1.90. The third kappa shape index (κ3) is 2.43. The van der Waals surface area contributed by atoms with E-state index in [-0.39, 0.29) is 18.4 Å². The molecule has 3 rings (SSSR count). The zero-order valence-electron chi connectivity index (χ0n) is 9.98. The van der Waals surface area contributed by atoms with Gasteiger partial charge in [0, 0.05) is 22.8 Å². The smallest absolute Gasteiger partial charge is 0.264 e. The van der Waals surface area contributed by atoms with Gasteiger partial charge in [0.2, 0.25) is 5.91 Å². The van der Waals surface area contributed by atoms with Gasteiger partial charge in [-0.05, 0) is 23.6 Å². The molecule has 0 atom stereocenters. The zero-order valence-corrected chi connectivity index (χ0v) is 11.6. The average Bonchev–Trinajstić information content (AvgIpc) is 2.80. The average molecular weight is 295 g/mol. The molecule has 2 aromatic rings. The SMILES string of the molecule is O=C1CN(C(=O)c2cc3ccc(Cl)cc3s2)CCN1. The molecule has 0 radical (unpaired) electrons. The third-order valence-electron chi connectivity index (χ3n) is 3.02. The number of carbonyl (C=O) groups excluding carboxylic acids is 2. The van der Waals surface area contributed by atoms with Crippen molar-refractivity contribution >= 4 is 44.8 Å². The molecule has 0 unspecified atom stereocenters. The van der Waals surface area contributed by atoms with Gasteiger partial charge in [-0.3, -0.25) is 9.59 Å². The van der Waals surface area contributed by atoms with Crippen molar-refractivity contribution in [2.24, 2.45) is 0 Å². The van der Waals surface area contributed by atoms with Crippen LogP contribution < -0.4 is 5.32 Å². The number of fused-ring (bicyclic) bond motifs is 1. The molecule has 6 heteroatoms. The minimum absolute atomic E-state index is 0.0906. The number of piperazine rings is 1. The molecular weight excluding hydrogens is 284 g/mol. The highest BCUT2D eigenvalue weighted by Gasteiger charge is 2.23. The molecule has 1 aliphatic rings. The Morgan fingerprint density at radius 3 is 3.00 bits per heavy atom. The van der Waals surface area contributed by atoms with Crippen LogP contribution in [0.25, 0.3) is 10.1 Å². The molecule has 1 aromatic carbocycles. The number of carbonyl (C=O) groups is 2. The van der Waals surface area contributed by atoms with Crippen molar-refractivity contribution in [3.05, 3.63) is 34.2 Å². The Bertz CT molecular complexity index is 668. The summed E-state index contributed by atoms with van der Waals surface area (Å²) in [7, 11) is 0. The van der Waals surface area contributed by atoms with Crippen LogP contribution in [0.15, 0.2) is 24.3 Å². The maximum Gasteiger partial charge on any atom is 0.264 e. The lowest BCUT2D eigenvalue weighted by atomic mass is 10.2. The number of rotatable bonds is 1. The van der Waals surface area contributed by atoms with Crippen LogP contribution in [-0.2, 0) is 4.79 Å². The standard InChI is InChI=1S/C13H11ClN2O2S/c14-9-2-1-8-5-11(19-10(8)6-9)13(18)16-4-3-15-12(17)7-16/h1-2,5-6H,3-4,7H2,(H,15,17). The van der Waals surface area contributed by atoms with Crippen molar-refractivity contribution in [2.75, 3.05) is 19.6 Å². The first-order valence-electron chi connectivity index (χ1n) is 5.88. The number of thiophene rings is 1. The van der Waals surface area contributed by atoms with E-state index in [1.807, 2.05) is 18.2 Å². The van der Waals surface area contributed by atoms with Crippen LogP contribution >= 0.6 is 22.9 Å². The lowest BCUT2D eigenvalue weighted by Gasteiger charge is -2.26. The number of nitrogens with zero attached hydrogens (tertiary/aromatic N) is 1. The second-order valence-electron chi connectivity index (χ2n) is 4.37. The van der Waals surface area contributed by atoms with Crippen LogP contribution in [-0.4, -0.2) is 36.3 Å². The van der Waals surface area contributed by atoms with Gasteiger partial charge in [0.25, 0.3) is 5.91 Å². The fourth-order valence-electron chi connectivity index (χ4n) is 2.08. The van der Waals surface area contributed by atoms with Gasteiger partial charge in [-0.2, -0.15) is 0 Å². The highest BCUT2D eigenvalue weighted by atomic mass is 35.5. The summed E-state index contributed by atoms with van der Waals surface area (Å²) >= 11 is 7.34. The Morgan fingerprint density at radius 1 is 1.37 bits per heavy atom. The van der Waals surface area contributed by atoms with Gasteiger partial charge in [0.05, 0.1) is 11.4 Å². The summed E-state index contributed by atoms with van der Waals surface area (Å²) in [6.07, 6.45) is 0. The van der Waals surface area contributed by atoms with Crippen LogP contribution in [0.3, 0.4) is 0 Å². The summed E-state index contributed by atoms with van der Waals surface area (Å²) < 4.78 is 0.984. The topological polar surface area (TPSA) is 49.4 Å². The second-order valence-corrected chi connectivity index (χ2v) is 5.89. The van der Waals surface area contributed by atoms with Gasteiger partial charge < -0.3 is 10.2 Å². The van der Waals surface area contributed by atoms with Crippen molar-refractivity contribution in [1.29, 1.82) is 0 Å². The van der Waals surface area contributed by atoms with Crippen molar-refractivity contribution in [3.8, 4) is 0 Å². The second kappa shape index (κ2) is 4.83. The highest BCUT2D eigenvalue weighted by Crippen LogP contribution is 2.29. The Hall–Kier alpha value is -1.59. The number of hydrogen-bond donors (Lipinski definition) is 1. The van der Waals surface area contributed by atoms with Crippen molar-refractivity contribution in [2.45, 2.75) is 0 Å². The zero-order chi connectivity index (χ0) is 13.4. The molecule has 1 aliphatic heterocycles. The molecule has 1 aromatic heterocycles. The molecule has 1 saturated heterocycles. The van der Waals surface area contributed by atoms with Crippen LogP contribution in [0.2, 0.25) is 5.02 Å². The molecule has 1 fully saturated rings. The lowest BCUT2D eigenvalue weighted by molar-refractivity contribution is -0.123. The number of nitrogens with one attached hydrogen (secondary N) is 1. The third-order valence-corrected chi connectivity index (χ3v) is 4.34. The number of hydrogen-bond acceptors (Lipinski definition) is 3. The van der Waals surface area contributed by atoms with Crippen molar-refractivity contribution in [1.82, 2.24) is 10.2 Å². The summed E-state index contributed by atoms with van der Waals surface area (Å²) in [6.45, 7) is 1.20. The van der Waals surface area contributed by atoms with Crippen LogP contribution in [0.5, 0.6) is 0 Å². The van der Waals surface area contributed by atoms with Gasteiger partial charge in [-0.1, -0.05) is 17.7 Å². The largest absolute Gasteiger partial charge is 0.353 e. The van der Waals surface area contributed by atoms with E-state index in [0.29, 0.717) is 23.0 Å². The van der Waals surface area contributed by atoms with Crippen LogP contribution in [0.1, 0.15) is 9.67 Å². The van der Waals surface area contributed by atoms with Gasteiger partial charge in [-0.15, -0.1) is 11.3 Å². The van der Waals surface area contributed by atoms with E-state index in [1.54, 1.807) is 11.0 Å². The van der Waals surface area contributed by atoms with Gasteiger partial charge >= 0.3 is 0 Å². The Kier molecular flexibility index (Phi) is 3.16. The summed E-state index contributed by atoms with van der Waals surface area (Å²) in [4.78, 5) is 25.9.